The summed E-state index contributed by atoms with van der Waals surface area (Å²) in [5.41, 5.74) is 9.63. The maximum atomic E-state index is 9.92. The molecule has 3 nitrogen and oxygen atoms in total. The van der Waals surface area contributed by atoms with Gasteiger partial charge in [-0.05, 0) is 35.4 Å². The van der Waals surface area contributed by atoms with Crippen molar-refractivity contribution < 1.29 is 10.2 Å². The number of anilines is 1. The normalized spacial score (nSPS) is 10.5. The average molecular weight is 277 g/mol. The minimum absolute atomic E-state index is 0.194. The lowest BCUT2D eigenvalue weighted by Gasteiger charge is -2.08. The summed E-state index contributed by atoms with van der Waals surface area (Å²) in [6.07, 6.45) is 0. The second kappa shape index (κ2) is 5.21. The van der Waals surface area contributed by atoms with Crippen LogP contribution in [-0.4, -0.2) is 10.2 Å². The molecular formula is C18H15NO2. The molecule has 104 valence electrons. The summed E-state index contributed by atoms with van der Waals surface area (Å²) in [5, 5.41) is 19.8. The van der Waals surface area contributed by atoms with Crippen LogP contribution in [0.4, 0.5) is 5.69 Å². The molecular weight excluding hydrogens is 262 g/mol. The third kappa shape index (κ3) is 2.54. The van der Waals surface area contributed by atoms with E-state index in [1.54, 1.807) is 30.3 Å². The molecule has 3 rings (SSSR count). The molecule has 0 aromatic heterocycles. The highest BCUT2D eigenvalue weighted by molar-refractivity contribution is 5.77. The topological polar surface area (TPSA) is 66.5 Å². The Morgan fingerprint density at radius 1 is 0.619 bits per heavy atom. The van der Waals surface area contributed by atoms with Crippen molar-refractivity contribution in [2.24, 2.45) is 0 Å². The van der Waals surface area contributed by atoms with Crippen molar-refractivity contribution in [3.05, 3.63) is 66.7 Å². The van der Waals surface area contributed by atoms with Gasteiger partial charge in [0.1, 0.15) is 11.5 Å². The van der Waals surface area contributed by atoms with Crippen LogP contribution in [0.3, 0.4) is 0 Å². The molecule has 21 heavy (non-hydrogen) atoms. The minimum Gasteiger partial charge on any atom is -0.507 e. The lowest BCUT2D eigenvalue weighted by atomic mass is 9.99. The number of para-hydroxylation sites is 1. The summed E-state index contributed by atoms with van der Waals surface area (Å²) < 4.78 is 0. The Morgan fingerprint density at radius 3 is 1.86 bits per heavy atom. The van der Waals surface area contributed by atoms with E-state index in [1.165, 1.54) is 0 Å². The van der Waals surface area contributed by atoms with Gasteiger partial charge in [0.2, 0.25) is 0 Å². The van der Waals surface area contributed by atoms with Gasteiger partial charge < -0.3 is 15.9 Å². The monoisotopic (exact) mass is 277 g/mol. The second-order valence-electron chi connectivity index (χ2n) is 4.87. The first-order chi connectivity index (χ1) is 10.1. The summed E-state index contributed by atoms with van der Waals surface area (Å²) >= 11 is 0. The molecule has 0 atom stereocenters. The van der Waals surface area contributed by atoms with E-state index in [-0.39, 0.29) is 11.5 Å². The smallest absolute Gasteiger partial charge is 0.123 e. The van der Waals surface area contributed by atoms with Crippen LogP contribution < -0.4 is 5.73 Å². The molecule has 0 amide bonds. The highest BCUT2D eigenvalue weighted by Gasteiger charge is 2.07. The fourth-order valence-electron chi connectivity index (χ4n) is 2.33. The summed E-state index contributed by atoms with van der Waals surface area (Å²) in [6.45, 7) is 0. The molecule has 3 aromatic rings. The van der Waals surface area contributed by atoms with E-state index in [2.05, 4.69) is 0 Å². The fourth-order valence-corrected chi connectivity index (χ4v) is 2.33. The number of phenolic OH excluding ortho intramolecular Hbond substituents is 2. The van der Waals surface area contributed by atoms with Gasteiger partial charge in [0.05, 0.1) is 0 Å². The summed E-state index contributed by atoms with van der Waals surface area (Å²) in [4.78, 5) is 0. The van der Waals surface area contributed by atoms with Crippen LogP contribution in [0.15, 0.2) is 66.7 Å². The van der Waals surface area contributed by atoms with Crippen LogP contribution in [0.2, 0.25) is 0 Å². The van der Waals surface area contributed by atoms with Crippen LogP contribution >= 0.6 is 0 Å². The summed E-state index contributed by atoms with van der Waals surface area (Å²) in [6, 6.07) is 19.8. The number of hydrogen-bond donors (Lipinski definition) is 3. The maximum Gasteiger partial charge on any atom is 0.123 e. The molecule has 0 aliphatic carbocycles. The Labute approximate surface area is 122 Å². The van der Waals surface area contributed by atoms with Gasteiger partial charge in [-0.2, -0.15) is 0 Å². The van der Waals surface area contributed by atoms with Crippen LogP contribution in [0, 0.1) is 0 Å². The largest absolute Gasteiger partial charge is 0.507 e. The quantitative estimate of drug-likeness (QED) is 0.489. The molecule has 0 heterocycles. The lowest BCUT2D eigenvalue weighted by Crippen LogP contribution is -1.86. The molecule has 3 heteroatoms. The molecule has 0 saturated heterocycles. The van der Waals surface area contributed by atoms with Crippen molar-refractivity contribution >= 4 is 5.69 Å². The van der Waals surface area contributed by atoms with Gasteiger partial charge in [-0.3, -0.25) is 0 Å². The number of aromatic hydroxyl groups is 2. The van der Waals surface area contributed by atoms with Crippen LogP contribution in [0.25, 0.3) is 22.3 Å². The van der Waals surface area contributed by atoms with Crippen molar-refractivity contribution in [1.29, 1.82) is 0 Å². The first kappa shape index (κ1) is 13.1. The number of benzene rings is 3. The van der Waals surface area contributed by atoms with E-state index in [9.17, 15) is 10.2 Å². The van der Waals surface area contributed by atoms with Crippen molar-refractivity contribution in [3.63, 3.8) is 0 Å². The number of nitrogen functional groups attached to an aromatic ring is 1. The van der Waals surface area contributed by atoms with Gasteiger partial charge in [-0.25, -0.2) is 0 Å². The Kier molecular flexibility index (Phi) is 3.24. The van der Waals surface area contributed by atoms with Crippen molar-refractivity contribution in [2.45, 2.75) is 0 Å². The second-order valence-corrected chi connectivity index (χ2v) is 4.87. The molecule has 0 radical (unpaired) electrons. The Balaban J connectivity index is 2.02. The molecule has 4 N–H and O–H groups in total. The van der Waals surface area contributed by atoms with Gasteiger partial charge in [0.15, 0.2) is 0 Å². The van der Waals surface area contributed by atoms with Crippen LogP contribution in [-0.2, 0) is 0 Å². The van der Waals surface area contributed by atoms with E-state index in [0.29, 0.717) is 11.3 Å². The SMILES string of the molecule is Nc1ccc(O)c(-c2ccc(-c3ccccc3O)cc2)c1. The van der Waals surface area contributed by atoms with Gasteiger partial charge in [0, 0.05) is 16.8 Å². The van der Waals surface area contributed by atoms with Crippen LogP contribution in [0.1, 0.15) is 0 Å². The van der Waals surface area contributed by atoms with E-state index < -0.39 is 0 Å². The number of rotatable bonds is 2. The Morgan fingerprint density at radius 2 is 1.19 bits per heavy atom. The average Bonchev–Trinajstić information content (AvgIpc) is 2.50. The lowest BCUT2D eigenvalue weighted by molar-refractivity contribution is 0.476. The highest BCUT2D eigenvalue weighted by atomic mass is 16.3. The minimum atomic E-state index is 0.194. The molecule has 0 saturated carbocycles. The van der Waals surface area contributed by atoms with Crippen molar-refractivity contribution in [3.8, 4) is 33.8 Å². The number of phenols is 2. The van der Waals surface area contributed by atoms with Crippen molar-refractivity contribution in [2.75, 3.05) is 5.73 Å². The first-order valence-corrected chi connectivity index (χ1v) is 6.62. The van der Waals surface area contributed by atoms with E-state index in [0.717, 1.165) is 16.7 Å². The zero-order valence-electron chi connectivity index (χ0n) is 11.3. The predicted octanol–water partition coefficient (Wildman–Crippen LogP) is 4.01. The van der Waals surface area contributed by atoms with E-state index in [4.69, 9.17) is 5.73 Å². The third-order valence-corrected chi connectivity index (χ3v) is 3.43. The molecule has 0 spiro atoms. The van der Waals surface area contributed by atoms with Gasteiger partial charge in [-0.1, -0.05) is 42.5 Å². The Bertz CT molecular complexity index is 779. The number of hydrogen-bond acceptors (Lipinski definition) is 3. The van der Waals surface area contributed by atoms with E-state index >= 15 is 0 Å². The van der Waals surface area contributed by atoms with Gasteiger partial charge in [-0.15, -0.1) is 0 Å². The number of nitrogens with two attached hydrogens (primary N) is 1. The molecule has 0 aliphatic rings. The maximum absolute atomic E-state index is 9.92. The summed E-state index contributed by atoms with van der Waals surface area (Å²) in [5.74, 6) is 0.441. The molecule has 3 aromatic carbocycles. The Hall–Kier alpha value is -2.94. The zero-order chi connectivity index (χ0) is 14.8. The predicted molar refractivity (Wildman–Crippen MR) is 85.1 cm³/mol. The highest BCUT2D eigenvalue weighted by Crippen LogP contribution is 2.34. The van der Waals surface area contributed by atoms with Gasteiger partial charge >= 0.3 is 0 Å². The van der Waals surface area contributed by atoms with E-state index in [1.807, 2.05) is 36.4 Å². The fraction of sp³-hybridized carbons (Fsp3) is 0. The molecule has 0 fully saturated rings. The molecule has 0 unspecified atom stereocenters. The van der Waals surface area contributed by atoms with Crippen molar-refractivity contribution in [1.82, 2.24) is 0 Å². The van der Waals surface area contributed by atoms with Gasteiger partial charge in [0.25, 0.3) is 0 Å². The molecule has 0 bridgehead atoms. The molecule has 0 aliphatic heterocycles. The standard InChI is InChI=1S/C18H15NO2/c19-14-9-10-18(21)16(11-14)13-7-5-12(6-8-13)15-3-1-2-4-17(15)20/h1-11,20-21H,19H2. The van der Waals surface area contributed by atoms with Crippen LogP contribution in [0.5, 0.6) is 11.5 Å². The zero-order valence-corrected chi connectivity index (χ0v) is 11.3. The summed E-state index contributed by atoms with van der Waals surface area (Å²) in [7, 11) is 0. The first-order valence-electron chi connectivity index (χ1n) is 6.62. The third-order valence-electron chi connectivity index (χ3n) is 3.43.